The highest BCUT2D eigenvalue weighted by atomic mass is 32.2. The topological polar surface area (TPSA) is 158 Å². The fourth-order valence-corrected chi connectivity index (χ4v) is 5.02. The second kappa shape index (κ2) is 13.3. The molecule has 0 radical (unpaired) electrons. The Morgan fingerprint density at radius 2 is 1.62 bits per heavy atom. The number of hydrogen-bond acceptors (Lipinski definition) is 10. The van der Waals surface area contributed by atoms with Crippen LogP contribution in [-0.4, -0.2) is 39.7 Å². The van der Waals surface area contributed by atoms with Gasteiger partial charge in [-0.1, -0.05) is 36.4 Å². The van der Waals surface area contributed by atoms with E-state index in [9.17, 15) is 23.3 Å². The standard InChI is InChI=1S/C29H26N4O8S/c1-39-27-10-6-4-8-24(27)32-42(37,38)28-17-23(33(35)36)15-16-25(28)31-30-18-22-7-3-5-9-26(22)41-19-20-11-13-21(14-12-20)29(34)40-2/h3-18,31-32H,19H2,1-2H3/b30-18+. The van der Waals surface area contributed by atoms with E-state index in [4.69, 9.17) is 14.2 Å². The summed E-state index contributed by atoms with van der Waals surface area (Å²) in [5.74, 6) is 0.334. The van der Waals surface area contributed by atoms with E-state index in [0.29, 0.717) is 16.9 Å². The van der Waals surface area contributed by atoms with Gasteiger partial charge in [0.05, 0.1) is 42.3 Å². The maximum Gasteiger partial charge on any atom is 0.337 e. The Bertz CT molecular complexity index is 1720. The fraction of sp³-hybridized carbons (Fsp3) is 0.103. The van der Waals surface area contributed by atoms with Crippen LogP contribution in [-0.2, 0) is 21.4 Å². The fourth-order valence-electron chi connectivity index (χ4n) is 3.77. The number of benzene rings is 4. The molecule has 0 spiro atoms. The zero-order chi connectivity index (χ0) is 30.1. The molecule has 4 rings (SSSR count). The summed E-state index contributed by atoms with van der Waals surface area (Å²) in [6.45, 7) is 0.207. The Morgan fingerprint density at radius 1 is 0.929 bits per heavy atom. The number of carbonyl (C=O) groups excluding carboxylic acids is 1. The van der Waals surface area contributed by atoms with Crippen LogP contribution in [0.5, 0.6) is 11.5 Å². The third-order valence-corrected chi connectivity index (χ3v) is 7.30. The Kier molecular flexibility index (Phi) is 9.35. The number of hydrazone groups is 1. The van der Waals surface area contributed by atoms with Gasteiger partial charge in [0.15, 0.2) is 0 Å². The second-order valence-electron chi connectivity index (χ2n) is 8.63. The average molecular weight is 591 g/mol. The molecule has 13 heteroatoms. The van der Waals surface area contributed by atoms with Crippen LogP contribution < -0.4 is 19.6 Å². The molecule has 0 heterocycles. The largest absolute Gasteiger partial charge is 0.495 e. The summed E-state index contributed by atoms with van der Waals surface area (Å²) < 4.78 is 44.9. The van der Waals surface area contributed by atoms with Crippen LogP contribution in [0, 0.1) is 10.1 Å². The van der Waals surface area contributed by atoms with Gasteiger partial charge in [-0.3, -0.25) is 20.3 Å². The molecule has 2 N–H and O–H groups in total. The number of non-ortho nitro benzene ring substituents is 1. The van der Waals surface area contributed by atoms with Crippen molar-refractivity contribution in [3.05, 3.63) is 118 Å². The van der Waals surface area contributed by atoms with Crippen LogP contribution in [0.2, 0.25) is 0 Å². The zero-order valence-corrected chi connectivity index (χ0v) is 23.3. The van der Waals surface area contributed by atoms with Crippen molar-refractivity contribution in [1.82, 2.24) is 0 Å². The molecule has 0 unspecified atom stereocenters. The first kappa shape index (κ1) is 29.6. The average Bonchev–Trinajstić information content (AvgIpc) is 3.00. The maximum absolute atomic E-state index is 13.3. The number of esters is 1. The number of nitrogens with zero attached hydrogens (tertiary/aromatic N) is 2. The number of carbonyl (C=O) groups is 1. The molecule has 0 aliphatic rings. The molecule has 4 aromatic carbocycles. The molecule has 0 saturated carbocycles. The summed E-state index contributed by atoms with van der Waals surface area (Å²) in [4.78, 5) is 22.0. The molecule has 0 aliphatic heterocycles. The Morgan fingerprint density at radius 3 is 2.31 bits per heavy atom. The third-order valence-electron chi connectivity index (χ3n) is 5.89. The summed E-state index contributed by atoms with van der Waals surface area (Å²) in [6, 6.07) is 23.6. The first-order valence-corrected chi connectivity index (χ1v) is 13.8. The summed E-state index contributed by atoms with van der Waals surface area (Å²) in [5.41, 5.74) is 4.23. The quantitative estimate of drug-likeness (QED) is 0.0977. The van der Waals surface area contributed by atoms with Crippen molar-refractivity contribution in [2.75, 3.05) is 24.4 Å². The number of rotatable bonds is 12. The van der Waals surface area contributed by atoms with Crippen LogP contribution in [0.25, 0.3) is 0 Å². The van der Waals surface area contributed by atoms with Gasteiger partial charge in [0, 0.05) is 17.7 Å². The first-order chi connectivity index (χ1) is 20.2. The molecule has 0 fully saturated rings. The summed E-state index contributed by atoms with van der Waals surface area (Å²) in [5, 5.41) is 15.6. The monoisotopic (exact) mass is 590 g/mol. The van der Waals surface area contributed by atoms with E-state index < -0.39 is 26.6 Å². The van der Waals surface area contributed by atoms with Crippen molar-refractivity contribution in [2.24, 2.45) is 5.10 Å². The van der Waals surface area contributed by atoms with Gasteiger partial charge in [0.1, 0.15) is 23.0 Å². The predicted molar refractivity (Wildman–Crippen MR) is 157 cm³/mol. The van der Waals surface area contributed by atoms with Crippen LogP contribution in [0.4, 0.5) is 17.1 Å². The number of nitrogens with one attached hydrogen (secondary N) is 2. The van der Waals surface area contributed by atoms with Crippen molar-refractivity contribution in [2.45, 2.75) is 11.5 Å². The van der Waals surface area contributed by atoms with Crippen LogP contribution >= 0.6 is 0 Å². The molecule has 0 bridgehead atoms. The van der Waals surface area contributed by atoms with Crippen LogP contribution in [0.3, 0.4) is 0 Å². The summed E-state index contributed by atoms with van der Waals surface area (Å²) in [7, 11) is -1.60. The maximum atomic E-state index is 13.3. The molecule has 42 heavy (non-hydrogen) atoms. The SMILES string of the molecule is COC(=O)c1ccc(COc2ccccc2/C=N/Nc2ccc([N+](=O)[O-])cc2S(=O)(=O)Nc2ccccc2OC)cc1. The number of ether oxygens (including phenoxy) is 3. The van der Waals surface area contributed by atoms with E-state index in [0.717, 1.165) is 11.6 Å². The lowest BCUT2D eigenvalue weighted by Gasteiger charge is -2.14. The molecule has 0 saturated heterocycles. The zero-order valence-electron chi connectivity index (χ0n) is 22.5. The molecule has 12 nitrogen and oxygen atoms in total. The van der Waals surface area contributed by atoms with E-state index >= 15 is 0 Å². The highest BCUT2D eigenvalue weighted by molar-refractivity contribution is 7.93. The van der Waals surface area contributed by atoms with E-state index in [1.165, 1.54) is 38.6 Å². The van der Waals surface area contributed by atoms with Gasteiger partial charge < -0.3 is 14.2 Å². The number of nitro benzene ring substituents is 1. The normalized spacial score (nSPS) is 11.1. The van der Waals surface area contributed by atoms with E-state index in [1.807, 2.05) is 0 Å². The van der Waals surface area contributed by atoms with Gasteiger partial charge >= 0.3 is 5.97 Å². The highest BCUT2D eigenvalue weighted by Gasteiger charge is 2.24. The molecule has 0 aliphatic carbocycles. The van der Waals surface area contributed by atoms with E-state index in [2.05, 4.69) is 15.2 Å². The smallest absolute Gasteiger partial charge is 0.337 e. The molecule has 4 aromatic rings. The van der Waals surface area contributed by atoms with Crippen molar-refractivity contribution in [3.63, 3.8) is 0 Å². The first-order valence-electron chi connectivity index (χ1n) is 12.3. The highest BCUT2D eigenvalue weighted by Crippen LogP contribution is 2.31. The number of anilines is 2. The lowest BCUT2D eigenvalue weighted by Crippen LogP contribution is -2.15. The van der Waals surface area contributed by atoms with Crippen LogP contribution in [0.1, 0.15) is 21.5 Å². The van der Waals surface area contributed by atoms with Crippen molar-refractivity contribution in [1.29, 1.82) is 0 Å². The number of para-hydroxylation sites is 3. The van der Waals surface area contributed by atoms with Gasteiger partial charge in [-0.05, 0) is 48.0 Å². The minimum absolute atomic E-state index is 0.00310. The number of hydrogen-bond donors (Lipinski definition) is 2. The lowest BCUT2D eigenvalue weighted by molar-refractivity contribution is -0.385. The molecule has 0 atom stereocenters. The number of methoxy groups -OCH3 is 2. The van der Waals surface area contributed by atoms with Gasteiger partial charge in [-0.25, -0.2) is 13.2 Å². The molecular weight excluding hydrogens is 564 g/mol. The molecule has 0 aromatic heterocycles. The predicted octanol–water partition coefficient (Wildman–Crippen LogP) is 5.22. The molecular formula is C29H26N4O8S. The molecule has 0 amide bonds. The minimum Gasteiger partial charge on any atom is -0.495 e. The van der Waals surface area contributed by atoms with E-state index in [1.54, 1.807) is 66.7 Å². The van der Waals surface area contributed by atoms with Gasteiger partial charge in [0.25, 0.3) is 15.7 Å². The lowest BCUT2D eigenvalue weighted by atomic mass is 10.1. The summed E-state index contributed by atoms with van der Waals surface area (Å²) >= 11 is 0. The van der Waals surface area contributed by atoms with Gasteiger partial charge in [-0.15, -0.1) is 0 Å². The second-order valence-corrected chi connectivity index (χ2v) is 10.3. The van der Waals surface area contributed by atoms with E-state index in [-0.39, 0.29) is 28.6 Å². The Balaban J connectivity index is 1.54. The van der Waals surface area contributed by atoms with Gasteiger partial charge in [-0.2, -0.15) is 5.10 Å². The Labute approximate surface area is 241 Å². The number of sulfonamides is 1. The number of nitro groups is 1. The van der Waals surface area contributed by atoms with Crippen molar-refractivity contribution < 1.29 is 32.3 Å². The Hall–Kier alpha value is -5.43. The third kappa shape index (κ3) is 7.20. The van der Waals surface area contributed by atoms with Crippen molar-refractivity contribution >= 4 is 39.3 Å². The van der Waals surface area contributed by atoms with Crippen LogP contribution in [0.15, 0.2) is 101 Å². The van der Waals surface area contributed by atoms with Crippen molar-refractivity contribution in [3.8, 4) is 11.5 Å². The van der Waals surface area contributed by atoms with Gasteiger partial charge in [0.2, 0.25) is 0 Å². The minimum atomic E-state index is -4.31. The molecule has 216 valence electrons. The summed E-state index contributed by atoms with van der Waals surface area (Å²) in [6.07, 6.45) is 1.43.